The number of para-hydroxylation sites is 4. The van der Waals surface area contributed by atoms with Gasteiger partial charge in [-0.1, -0.05) is 24.3 Å². The summed E-state index contributed by atoms with van der Waals surface area (Å²) < 4.78 is 53.5. The van der Waals surface area contributed by atoms with Crippen LogP contribution in [0.1, 0.15) is 17.3 Å². The Morgan fingerprint density at radius 1 is 0.972 bits per heavy atom. The number of piperazine rings is 1. The zero-order valence-corrected chi connectivity index (χ0v) is 20.9. The number of nitrogens with zero attached hydrogens (tertiary/aromatic N) is 2. The van der Waals surface area contributed by atoms with E-state index in [0.29, 0.717) is 36.9 Å². The molecule has 3 aromatic carbocycles. The van der Waals surface area contributed by atoms with E-state index in [2.05, 4.69) is 10.2 Å². The van der Waals surface area contributed by atoms with E-state index in [9.17, 15) is 17.6 Å². The molecule has 4 rings (SSSR count). The lowest BCUT2D eigenvalue weighted by atomic mass is 10.2. The summed E-state index contributed by atoms with van der Waals surface area (Å²) in [4.78, 5) is 14.8. The molecule has 0 spiro atoms. The Balaban J connectivity index is 1.51. The van der Waals surface area contributed by atoms with Crippen LogP contribution in [0.2, 0.25) is 0 Å². The second-order valence-corrected chi connectivity index (χ2v) is 10.0. The molecule has 1 fully saturated rings. The van der Waals surface area contributed by atoms with Gasteiger partial charge in [0.05, 0.1) is 35.6 Å². The number of benzene rings is 3. The highest BCUT2D eigenvalue weighted by Gasteiger charge is 2.30. The molecule has 3 aromatic rings. The van der Waals surface area contributed by atoms with Crippen molar-refractivity contribution in [2.45, 2.75) is 11.8 Å². The van der Waals surface area contributed by atoms with Gasteiger partial charge in [-0.2, -0.15) is 4.31 Å². The normalized spacial score (nSPS) is 14.4. The van der Waals surface area contributed by atoms with Gasteiger partial charge in [-0.15, -0.1) is 0 Å². The number of nitrogens with one attached hydrogen (secondary N) is 1. The molecule has 0 saturated carbocycles. The van der Waals surface area contributed by atoms with Crippen molar-refractivity contribution < 1.29 is 27.1 Å². The van der Waals surface area contributed by atoms with Gasteiger partial charge in [0.15, 0.2) is 0 Å². The first-order valence-electron chi connectivity index (χ1n) is 11.6. The Kier molecular flexibility index (Phi) is 7.76. The van der Waals surface area contributed by atoms with E-state index in [1.807, 2.05) is 31.2 Å². The van der Waals surface area contributed by atoms with Crippen molar-refractivity contribution in [3.05, 3.63) is 78.1 Å². The van der Waals surface area contributed by atoms with Crippen molar-refractivity contribution in [1.29, 1.82) is 0 Å². The van der Waals surface area contributed by atoms with Crippen LogP contribution < -0.4 is 19.7 Å². The monoisotopic (exact) mass is 513 g/mol. The molecule has 0 bridgehead atoms. The highest BCUT2D eigenvalue weighted by atomic mass is 32.2. The molecule has 0 atom stereocenters. The predicted octanol–water partition coefficient (Wildman–Crippen LogP) is 4.00. The van der Waals surface area contributed by atoms with Crippen LogP contribution in [-0.2, 0) is 10.0 Å². The minimum atomic E-state index is -3.94. The van der Waals surface area contributed by atoms with Gasteiger partial charge in [-0.05, 0) is 49.4 Å². The zero-order valence-electron chi connectivity index (χ0n) is 20.1. The summed E-state index contributed by atoms with van der Waals surface area (Å²) in [5.74, 6) is -0.432. The molecule has 1 aliphatic rings. The summed E-state index contributed by atoms with van der Waals surface area (Å²) >= 11 is 0. The highest BCUT2D eigenvalue weighted by molar-refractivity contribution is 7.89. The minimum Gasteiger partial charge on any atom is -0.495 e. The molecule has 190 valence electrons. The van der Waals surface area contributed by atoms with Crippen LogP contribution in [0.25, 0.3) is 0 Å². The quantitative estimate of drug-likeness (QED) is 0.490. The maximum atomic E-state index is 14.6. The van der Waals surface area contributed by atoms with Gasteiger partial charge in [-0.25, -0.2) is 12.8 Å². The molecule has 1 heterocycles. The fraction of sp³-hybridized carbons (Fsp3) is 0.269. The van der Waals surface area contributed by atoms with E-state index in [4.69, 9.17) is 9.47 Å². The smallest absolute Gasteiger partial charge is 0.258 e. The average molecular weight is 514 g/mol. The molecule has 1 N–H and O–H groups in total. The molecular formula is C26H28FN3O5S. The second kappa shape index (κ2) is 11.0. The van der Waals surface area contributed by atoms with Gasteiger partial charge in [0.2, 0.25) is 10.0 Å². The average Bonchev–Trinajstić information content (AvgIpc) is 2.90. The van der Waals surface area contributed by atoms with Crippen molar-refractivity contribution in [1.82, 2.24) is 4.31 Å². The van der Waals surface area contributed by atoms with Crippen LogP contribution in [0.4, 0.5) is 15.8 Å². The van der Waals surface area contributed by atoms with E-state index < -0.39 is 21.7 Å². The first-order chi connectivity index (χ1) is 17.3. The number of hydrogen-bond acceptors (Lipinski definition) is 6. The van der Waals surface area contributed by atoms with Gasteiger partial charge in [-0.3, -0.25) is 4.79 Å². The summed E-state index contributed by atoms with van der Waals surface area (Å²) in [6, 6.07) is 17.6. The molecule has 1 aliphatic heterocycles. The number of ether oxygens (including phenoxy) is 2. The highest BCUT2D eigenvalue weighted by Crippen LogP contribution is 2.30. The topological polar surface area (TPSA) is 88.2 Å². The summed E-state index contributed by atoms with van der Waals surface area (Å²) in [5.41, 5.74) is 0.893. The molecule has 36 heavy (non-hydrogen) atoms. The van der Waals surface area contributed by atoms with Crippen molar-refractivity contribution in [3.8, 4) is 11.5 Å². The third-order valence-corrected chi connectivity index (χ3v) is 7.81. The number of carbonyl (C=O) groups excluding carboxylic acids is 1. The number of methoxy groups -OCH3 is 1. The van der Waals surface area contributed by atoms with Gasteiger partial charge in [0.25, 0.3) is 5.91 Å². The first kappa shape index (κ1) is 25.5. The number of rotatable bonds is 8. The number of halogens is 1. The van der Waals surface area contributed by atoms with Crippen LogP contribution in [0.5, 0.6) is 11.5 Å². The SMILES string of the molecule is CCOc1ccccc1NC(=O)c1cc(S(=O)(=O)N2CCN(c3ccccc3OC)CC2)ccc1F. The van der Waals surface area contributed by atoms with Crippen molar-refractivity contribution >= 4 is 27.3 Å². The van der Waals surface area contributed by atoms with Crippen molar-refractivity contribution in [3.63, 3.8) is 0 Å². The van der Waals surface area contributed by atoms with Gasteiger partial charge in [0.1, 0.15) is 17.3 Å². The lowest BCUT2D eigenvalue weighted by molar-refractivity contribution is 0.102. The van der Waals surface area contributed by atoms with E-state index >= 15 is 0 Å². The maximum Gasteiger partial charge on any atom is 0.258 e. The van der Waals surface area contributed by atoms with Gasteiger partial charge >= 0.3 is 0 Å². The minimum absolute atomic E-state index is 0.141. The van der Waals surface area contributed by atoms with Crippen LogP contribution in [0.3, 0.4) is 0 Å². The molecular weight excluding hydrogens is 485 g/mol. The van der Waals surface area contributed by atoms with Crippen molar-refractivity contribution in [2.75, 3.05) is 50.1 Å². The van der Waals surface area contributed by atoms with E-state index in [1.54, 1.807) is 31.4 Å². The molecule has 0 aromatic heterocycles. The zero-order chi connectivity index (χ0) is 25.7. The second-order valence-electron chi connectivity index (χ2n) is 8.09. The molecule has 0 radical (unpaired) electrons. The Labute approximate surface area is 210 Å². The Morgan fingerprint density at radius 2 is 1.64 bits per heavy atom. The number of sulfonamides is 1. The summed E-state index contributed by atoms with van der Waals surface area (Å²) in [5, 5.41) is 2.61. The molecule has 1 amide bonds. The third kappa shape index (κ3) is 5.29. The standard InChI is InChI=1S/C26H28FN3O5S/c1-3-35-24-10-6-4-8-22(24)28-26(31)20-18-19(12-13-21(20)27)36(32,33)30-16-14-29(15-17-30)23-9-5-7-11-25(23)34-2/h4-13,18H,3,14-17H2,1-2H3,(H,28,31). The first-order valence-corrected chi connectivity index (χ1v) is 13.0. The number of anilines is 2. The van der Waals surface area contributed by atoms with Gasteiger partial charge < -0.3 is 19.7 Å². The Hall–Kier alpha value is -3.63. The van der Waals surface area contributed by atoms with Gasteiger partial charge in [0, 0.05) is 26.2 Å². The fourth-order valence-electron chi connectivity index (χ4n) is 4.09. The summed E-state index contributed by atoms with van der Waals surface area (Å²) in [7, 11) is -2.35. The lowest BCUT2D eigenvalue weighted by Crippen LogP contribution is -2.48. The lowest BCUT2D eigenvalue weighted by Gasteiger charge is -2.36. The van der Waals surface area contributed by atoms with Crippen LogP contribution in [0, 0.1) is 5.82 Å². The van der Waals surface area contributed by atoms with Crippen molar-refractivity contribution in [2.24, 2.45) is 0 Å². The predicted molar refractivity (Wildman–Crippen MR) is 136 cm³/mol. The Bertz CT molecular complexity index is 1340. The molecule has 10 heteroatoms. The maximum absolute atomic E-state index is 14.6. The Morgan fingerprint density at radius 3 is 2.33 bits per heavy atom. The molecule has 8 nitrogen and oxygen atoms in total. The third-order valence-electron chi connectivity index (χ3n) is 5.92. The largest absolute Gasteiger partial charge is 0.495 e. The number of amides is 1. The van der Waals surface area contributed by atoms with Crippen LogP contribution in [0.15, 0.2) is 71.6 Å². The fourth-order valence-corrected chi connectivity index (χ4v) is 5.54. The summed E-state index contributed by atoms with van der Waals surface area (Å²) in [6.07, 6.45) is 0. The summed E-state index contributed by atoms with van der Waals surface area (Å²) in [6.45, 7) is 3.59. The number of carbonyl (C=O) groups is 1. The number of hydrogen-bond donors (Lipinski definition) is 1. The van der Waals surface area contributed by atoms with Crippen LogP contribution in [-0.4, -0.2) is 58.5 Å². The van der Waals surface area contributed by atoms with Crippen LogP contribution >= 0.6 is 0 Å². The van der Waals surface area contributed by atoms with E-state index in [0.717, 1.165) is 17.8 Å². The van der Waals surface area contributed by atoms with E-state index in [-0.39, 0.29) is 23.5 Å². The molecule has 1 saturated heterocycles. The molecule has 0 unspecified atom stereocenters. The molecule has 0 aliphatic carbocycles. The van der Waals surface area contributed by atoms with E-state index in [1.165, 1.54) is 10.4 Å².